The fourth-order valence-electron chi connectivity index (χ4n) is 2.07. The zero-order valence-corrected chi connectivity index (χ0v) is 13.6. The molecule has 0 saturated heterocycles. The van der Waals surface area contributed by atoms with Gasteiger partial charge in [-0.1, -0.05) is 6.07 Å². The molecule has 0 aliphatic carbocycles. The number of amides is 1. The smallest absolute Gasteiger partial charge is 0.416 e. The van der Waals surface area contributed by atoms with E-state index in [4.69, 9.17) is 9.47 Å². The van der Waals surface area contributed by atoms with Gasteiger partial charge in [0.25, 0.3) is 5.91 Å². The van der Waals surface area contributed by atoms with Gasteiger partial charge in [-0.05, 0) is 43.3 Å². The molecule has 0 radical (unpaired) electrons. The highest BCUT2D eigenvalue weighted by atomic mass is 19.4. The Morgan fingerprint density at radius 3 is 2.28 bits per heavy atom. The van der Waals surface area contributed by atoms with E-state index in [1.807, 2.05) is 13.0 Å². The molecule has 0 heterocycles. The highest BCUT2D eigenvalue weighted by Crippen LogP contribution is 2.29. The van der Waals surface area contributed by atoms with Crippen LogP contribution in [0.4, 0.5) is 13.2 Å². The summed E-state index contributed by atoms with van der Waals surface area (Å²) in [6.07, 6.45) is -4.42. The molecule has 0 unspecified atom stereocenters. The maximum absolute atomic E-state index is 12.5. The predicted molar refractivity (Wildman–Crippen MR) is 86.9 cm³/mol. The summed E-state index contributed by atoms with van der Waals surface area (Å²) in [4.78, 5) is 11.9. The maximum atomic E-state index is 12.5. The van der Waals surface area contributed by atoms with Crippen molar-refractivity contribution in [2.45, 2.75) is 13.1 Å². The lowest BCUT2D eigenvalue weighted by Gasteiger charge is -2.10. The third-order valence-electron chi connectivity index (χ3n) is 3.25. The Balaban J connectivity index is 1.79. The quantitative estimate of drug-likeness (QED) is 0.768. The van der Waals surface area contributed by atoms with Crippen LogP contribution in [-0.2, 0) is 6.18 Å². The van der Waals surface area contributed by atoms with Crippen LogP contribution in [0, 0.1) is 0 Å². The van der Waals surface area contributed by atoms with E-state index in [0.717, 1.165) is 24.3 Å². The lowest BCUT2D eigenvalue weighted by Crippen LogP contribution is -2.28. The number of alkyl halides is 3. The van der Waals surface area contributed by atoms with Crippen molar-refractivity contribution in [2.24, 2.45) is 0 Å². The molecule has 1 amide bonds. The van der Waals surface area contributed by atoms with Crippen molar-refractivity contribution >= 4 is 5.91 Å². The first-order valence-electron chi connectivity index (χ1n) is 7.71. The molecule has 0 saturated carbocycles. The van der Waals surface area contributed by atoms with Crippen molar-refractivity contribution in [3.05, 3.63) is 59.7 Å². The molecule has 134 valence electrons. The molecule has 0 fully saturated rings. The third-order valence-corrected chi connectivity index (χ3v) is 3.25. The molecule has 1 N–H and O–H groups in total. The van der Waals surface area contributed by atoms with Gasteiger partial charge in [-0.25, -0.2) is 0 Å². The van der Waals surface area contributed by atoms with Crippen molar-refractivity contribution in [1.82, 2.24) is 5.32 Å². The topological polar surface area (TPSA) is 47.6 Å². The van der Waals surface area contributed by atoms with Crippen LogP contribution in [0.5, 0.6) is 11.5 Å². The molecule has 0 atom stereocenters. The highest BCUT2D eigenvalue weighted by Gasteiger charge is 2.30. The monoisotopic (exact) mass is 353 g/mol. The molecular weight excluding hydrogens is 335 g/mol. The van der Waals surface area contributed by atoms with Gasteiger partial charge in [0.2, 0.25) is 0 Å². The Morgan fingerprint density at radius 2 is 1.68 bits per heavy atom. The van der Waals surface area contributed by atoms with Gasteiger partial charge in [0.05, 0.1) is 18.7 Å². The first kappa shape index (κ1) is 18.6. The largest absolute Gasteiger partial charge is 0.494 e. The van der Waals surface area contributed by atoms with E-state index in [-0.39, 0.29) is 18.7 Å². The first-order valence-corrected chi connectivity index (χ1v) is 7.71. The molecule has 25 heavy (non-hydrogen) atoms. The zero-order chi connectivity index (χ0) is 18.3. The molecule has 0 bridgehead atoms. The summed E-state index contributed by atoms with van der Waals surface area (Å²) in [5.41, 5.74) is -0.632. The van der Waals surface area contributed by atoms with Crippen LogP contribution in [-0.4, -0.2) is 25.7 Å². The van der Waals surface area contributed by atoms with Gasteiger partial charge in [-0.3, -0.25) is 4.79 Å². The molecule has 2 aromatic rings. The van der Waals surface area contributed by atoms with E-state index >= 15 is 0 Å². The molecule has 0 aliphatic rings. The van der Waals surface area contributed by atoms with E-state index in [0.29, 0.717) is 18.1 Å². The molecule has 0 aromatic heterocycles. The number of carbonyl (C=O) groups excluding carboxylic acids is 1. The molecule has 0 aliphatic heterocycles. The number of halogens is 3. The summed E-state index contributed by atoms with van der Waals surface area (Å²) in [5, 5.41) is 2.59. The fraction of sp³-hybridized carbons (Fsp3) is 0.278. The standard InChI is InChI=1S/C18H18F3NO3/c1-2-24-15-4-3-5-16(12-15)25-11-10-22-17(23)13-6-8-14(9-7-13)18(19,20)21/h3-9,12H,2,10-11H2,1H3,(H,22,23). The maximum Gasteiger partial charge on any atom is 0.416 e. The van der Waals surface area contributed by atoms with Crippen LogP contribution in [0.1, 0.15) is 22.8 Å². The summed E-state index contributed by atoms with van der Waals surface area (Å²) in [5.74, 6) is 0.837. The lowest BCUT2D eigenvalue weighted by molar-refractivity contribution is -0.137. The van der Waals surface area contributed by atoms with Gasteiger partial charge in [0.15, 0.2) is 0 Å². The summed E-state index contributed by atoms with van der Waals surface area (Å²) in [7, 11) is 0. The Labute approximate surface area is 143 Å². The van der Waals surface area contributed by atoms with Gasteiger partial charge < -0.3 is 14.8 Å². The number of rotatable bonds is 7. The second kappa shape index (κ2) is 8.41. The summed E-state index contributed by atoms with van der Waals surface area (Å²) < 4.78 is 48.3. The van der Waals surface area contributed by atoms with E-state index in [1.54, 1.807) is 18.2 Å². The van der Waals surface area contributed by atoms with E-state index in [9.17, 15) is 18.0 Å². The van der Waals surface area contributed by atoms with Crippen molar-refractivity contribution in [1.29, 1.82) is 0 Å². The highest BCUT2D eigenvalue weighted by molar-refractivity contribution is 5.94. The lowest BCUT2D eigenvalue weighted by atomic mass is 10.1. The average Bonchev–Trinajstić information content (AvgIpc) is 2.58. The number of ether oxygens (including phenoxy) is 2. The van der Waals surface area contributed by atoms with Gasteiger partial charge in [-0.2, -0.15) is 13.2 Å². The molecule has 0 spiro atoms. The SMILES string of the molecule is CCOc1cccc(OCCNC(=O)c2ccc(C(F)(F)F)cc2)c1. The third kappa shape index (κ3) is 5.70. The van der Waals surface area contributed by atoms with Crippen LogP contribution >= 0.6 is 0 Å². The van der Waals surface area contributed by atoms with Crippen molar-refractivity contribution in [2.75, 3.05) is 19.8 Å². The number of hydrogen-bond donors (Lipinski definition) is 1. The molecule has 7 heteroatoms. The first-order chi connectivity index (χ1) is 11.9. The molecule has 4 nitrogen and oxygen atoms in total. The van der Waals surface area contributed by atoms with Crippen LogP contribution in [0.3, 0.4) is 0 Å². The van der Waals surface area contributed by atoms with Crippen LogP contribution < -0.4 is 14.8 Å². The minimum absolute atomic E-state index is 0.159. The molecule has 2 aromatic carbocycles. The Hall–Kier alpha value is -2.70. The van der Waals surface area contributed by atoms with Gasteiger partial charge in [0, 0.05) is 11.6 Å². The van der Waals surface area contributed by atoms with Crippen LogP contribution in [0.2, 0.25) is 0 Å². The van der Waals surface area contributed by atoms with Gasteiger partial charge in [0.1, 0.15) is 18.1 Å². The molecule has 2 rings (SSSR count). The van der Waals surface area contributed by atoms with Crippen LogP contribution in [0.25, 0.3) is 0 Å². The van der Waals surface area contributed by atoms with Crippen molar-refractivity contribution < 1.29 is 27.4 Å². The second-order valence-corrected chi connectivity index (χ2v) is 5.09. The summed E-state index contributed by atoms with van der Waals surface area (Å²) in [6.45, 7) is 2.87. The number of nitrogens with one attached hydrogen (secondary N) is 1. The normalized spacial score (nSPS) is 11.0. The van der Waals surface area contributed by atoms with E-state index in [1.165, 1.54) is 0 Å². The predicted octanol–water partition coefficient (Wildman–Crippen LogP) is 3.91. The fourth-order valence-corrected chi connectivity index (χ4v) is 2.07. The Morgan fingerprint density at radius 1 is 1.04 bits per heavy atom. The molecular formula is C18H18F3NO3. The van der Waals surface area contributed by atoms with Crippen molar-refractivity contribution in [3.63, 3.8) is 0 Å². The Kier molecular flexibility index (Phi) is 6.27. The second-order valence-electron chi connectivity index (χ2n) is 5.09. The number of carbonyl (C=O) groups is 1. The van der Waals surface area contributed by atoms with Crippen LogP contribution in [0.15, 0.2) is 48.5 Å². The minimum atomic E-state index is -4.42. The van der Waals surface area contributed by atoms with E-state index in [2.05, 4.69) is 5.32 Å². The summed E-state index contributed by atoms with van der Waals surface area (Å²) in [6, 6.07) is 11.1. The minimum Gasteiger partial charge on any atom is -0.494 e. The van der Waals surface area contributed by atoms with Gasteiger partial charge in [-0.15, -0.1) is 0 Å². The summed E-state index contributed by atoms with van der Waals surface area (Å²) >= 11 is 0. The average molecular weight is 353 g/mol. The zero-order valence-electron chi connectivity index (χ0n) is 13.6. The van der Waals surface area contributed by atoms with Crippen molar-refractivity contribution in [3.8, 4) is 11.5 Å². The number of benzene rings is 2. The number of hydrogen-bond acceptors (Lipinski definition) is 3. The van der Waals surface area contributed by atoms with Gasteiger partial charge >= 0.3 is 6.18 Å². The Bertz CT molecular complexity index is 699. The van der Waals surface area contributed by atoms with E-state index < -0.39 is 17.6 Å².